The minimum atomic E-state index is -1.23. The van der Waals surface area contributed by atoms with Gasteiger partial charge in [-0.15, -0.1) is 0 Å². The van der Waals surface area contributed by atoms with E-state index >= 15 is 0 Å². The van der Waals surface area contributed by atoms with E-state index in [-0.39, 0.29) is 76.5 Å². The van der Waals surface area contributed by atoms with Crippen molar-refractivity contribution in [3.63, 3.8) is 0 Å². The Bertz CT molecular complexity index is 1430. The van der Waals surface area contributed by atoms with Crippen LogP contribution in [0, 0.1) is 0 Å². The van der Waals surface area contributed by atoms with Crippen LogP contribution in [-0.2, 0) is 4.79 Å². The van der Waals surface area contributed by atoms with Gasteiger partial charge in [-0.25, -0.2) is 0 Å². The number of rotatable bonds is 8. The van der Waals surface area contributed by atoms with Gasteiger partial charge in [0.05, 0.1) is 16.9 Å². The van der Waals surface area contributed by atoms with Crippen LogP contribution in [0.1, 0.15) is 41.9 Å². The largest absolute Gasteiger partial charge is 1.00 e. The zero-order chi connectivity index (χ0) is 26.5. The molecule has 13 heteroatoms. The number of nitrogens with zero attached hydrogens (tertiary/aromatic N) is 5. The van der Waals surface area contributed by atoms with Crippen LogP contribution < -0.4 is 69.0 Å². The molecule has 1 amide bonds. The Morgan fingerprint density at radius 1 is 1.05 bits per heavy atom. The van der Waals surface area contributed by atoms with E-state index in [1.54, 1.807) is 25.3 Å². The fourth-order valence-electron chi connectivity index (χ4n) is 4.03. The number of hydrogen-bond donors (Lipinski definition) is 0. The van der Waals surface area contributed by atoms with E-state index in [0.717, 1.165) is 23.6 Å². The molecule has 194 valence electrons. The first-order valence-corrected chi connectivity index (χ1v) is 13.6. The van der Waals surface area contributed by atoms with Crippen molar-refractivity contribution in [1.29, 1.82) is 0 Å². The van der Waals surface area contributed by atoms with E-state index in [1.165, 1.54) is 35.4 Å². The molecule has 5 rings (SSSR count). The summed E-state index contributed by atoms with van der Waals surface area (Å²) in [5, 5.41) is 16.3. The molecule has 3 heterocycles. The van der Waals surface area contributed by atoms with Gasteiger partial charge in [0.25, 0.3) is 0 Å². The molecule has 1 saturated heterocycles. The summed E-state index contributed by atoms with van der Waals surface area (Å²) in [6.45, 7) is 3.00. The molecule has 2 aromatic carbocycles. The Hall–Kier alpha value is -1.96. The summed E-state index contributed by atoms with van der Waals surface area (Å²) < 4.78 is 10.5. The third-order valence-corrected chi connectivity index (χ3v) is 7.69. The van der Waals surface area contributed by atoms with Crippen molar-refractivity contribution in [3.8, 4) is 11.5 Å². The van der Waals surface area contributed by atoms with Crippen molar-refractivity contribution in [2.75, 3.05) is 13.1 Å². The minimum absolute atomic E-state index is 0. The predicted octanol–water partition coefficient (Wildman–Crippen LogP) is -0.689. The topological polar surface area (TPSA) is 122 Å². The van der Waals surface area contributed by atoms with Crippen molar-refractivity contribution in [2.24, 2.45) is 0 Å². The quantitative estimate of drug-likeness (QED) is 0.247. The molecular formula is C27H23N5Na2O4S2. The predicted molar refractivity (Wildman–Crippen MR) is 142 cm³/mol. The van der Waals surface area contributed by atoms with Gasteiger partial charge in [-0.05, 0) is 66.5 Å². The average molecular weight is 592 g/mol. The number of piperidine rings is 1. The number of hydrogen-bond acceptors (Lipinski definition) is 9. The summed E-state index contributed by atoms with van der Waals surface area (Å²) in [4.78, 5) is 35.3. The van der Waals surface area contributed by atoms with E-state index in [0.29, 0.717) is 40.4 Å². The van der Waals surface area contributed by atoms with Crippen LogP contribution in [0.15, 0.2) is 76.7 Å². The van der Waals surface area contributed by atoms with Gasteiger partial charge in [0.2, 0.25) is 5.91 Å². The van der Waals surface area contributed by atoms with E-state index in [1.807, 2.05) is 41.3 Å². The summed E-state index contributed by atoms with van der Waals surface area (Å²) in [5.41, 5.74) is 0.106. The normalized spacial score (nSPS) is 13.1. The number of pyridine rings is 1. The maximum Gasteiger partial charge on any atom is 1.00 e. The molecule has 0 aliphatic carbocycles. The smallest absolute Gasteiger partial charge is 0.545 e. The maximum atomic E-state index is 11.6. The second-order valence-electron chi connectivity index (χ2n) is 8.65. The van der Waals surface area contributed by atoms with Gasteiger partial charge in [0.15, 0.2) is 0 Å². The SMILES string of the molecule is CC(=O)N1CCC(c2nsc([N-]c3ncc(Oc4ccccc4)cc3Sc3ccc(C(=O)[O-])cc3)n2)CC1.[Na+].[Na+]. The van der Waals surface area contributed by atoms with Crippen LogP contribution in [0.25, 0.3) is 5.32 Å². The number of likely N-dealkylation sites (tertiary alicyclic amines) is 1. The fraction of sp³-hybridized carbons (Fsp3) is 0.222. The summed E-state index contributed by atoms with van der Waals surface area (Å²) in [7, 11) is 0. The van der Waals surface area contributed by atoms with E-state index < -0.39 is 5.97 Å². The van der Waals surface area contributed by atoms with Crippen molar-refractivity contribution >= 4 is 46.1 Å². The van der Waals surface area contributed by atoms with Crippen LogP contribution >= 0.6 is 23.3 Å². The molecule has 9 nitrogen and oxygen atoms in total. The molecule has 0 N–H and O–H groups in total. The fourth-order valence-corrected chi connectivity index (χ4v) is 5.54. The number of carbonyl (C=O) groups is 2. The molecule has 0 saturated carbocycles. The van der Waals surface area contributed by atoms with Gasteiger partial charge < -0.3 is 34.8 Å². The first-order chi connectivity index (χ1) is 18.4. The van der Waals surface area contributed by atoms with Gasteiger partial charge in [0, 0.05) is 41.5 Å². The zero-order valence-electron chi connectivity index (χ0n) is 22.4. The molecule has 2 aromatic heterocycles. The Labute approximate surface area is 284 Å². The molecule has 1 aliphatic rings. The second kappa shape index (κ2) is 15.3. The number of carboxylic acid groups (broad SMARTS) is 1. The van der Waals surface area contributed by atoms with Crippen LogP contribution in [0.2, 0.25) is 0 Å². The summed E-state index contributed by atoms with van der Waals surface area (Å²) in [6.07, 6.45) is 3.25. The zero-order valence-corrected chi connectivity index (χ0v) is 28.1. The number of carbonyl (C=O) groups excluding carboxylic acids is 2. The Balaban J connectivity index is 0.00000220. The molecule has 0 bridgehead atoms. The number of ether oxygens (including phenoxy) is 1. The van der Waals surface area contributed by atoms with Gasteiger partial charge in [0.1, 0.15) is 11.5 Å². The number of amides is 1. The van der Waals surface area contributed by atoms with E-state index in [9.17, 15) is 14.7 Å². The monoisotopic (exact) mass is 591 g/mol. The van der Waals surface area contributed by atoms with E-state index in [4.69, 9.17) is 4.74 Å². The van der Waals surface area contributed by atoms with Gasteiger partial charge in [-0.2, -0.15) is 4.37 Å². The average Bonchev–Trinajstić information content (AvgIpc) is 3.40. The molecule has 0 spiro atoms. The van der Waals surface area contributed by atoms with Gasteiger partial charge in [-0.1, -0.05) is 42.1 Å². The van der Waals surface area contributed by atoms with Crippen molar-refractivity contribution in [2.45, 2.75) is 35.5 Å². The second-order valence-corrected chi connectivity index (χ2v) is 10.5. The Morgan fingerprint density at radius 3 is 2.40 bits per heavy atom. The molecule has 40 heavy (non-hydrogen) atoms. The van der Waals surface area contributed by atoms with Crippen LogP contribution in [-0.4, -0.2) is 44.2 Å². The molecule has 0 unspecified atom stereocenters. The standard InChI is InChI=1S/C27H25N5O4S2.2Na/c1-17(33)32-13-11-18(12-14-32)24-29-27(38-31-24)30-25-23(37-22-9-7-19(8-10-22)26(34)35)15-21(16-28-25)36-20-5-3-2-4-6-20;;/h2-10,15-16,18H,11-14H2,1H3,(H2,28,29,30,31,34,35);;/q;2*+1/p-2. The van der Waals surface area contributed by atoms with Crippen molar-refractivity contribution in [3.05, 3.63) is 83.6 Å². The Morgan fingerprint density at radius 2 is 1.75 bits per heavy atom. The van der Waals surface area contributed by atoms with Crippen molar-refractivity contribution in [1.82, 2.24) is 19.2 Å². The van der Waals surface area contributed by atoms with Gasteiger partial charge >= 0.3 is 59.1 Å². The first-order valence-electron chi connectivity index (χ1n) is 12.0. The number of aromatic nitrogens is 3. The number of benzene rings is 2. The van der Waals surface area contributed by atoms with E-state index in [2.05, 4.69) is 19.7 Å². The van der Waals surface area contributed by atoms with Crippen LogP contribution in [0.5, 0.6) is 11.5 Å². The van der Waals surface area contributed by atoms with Crippen molar-refractivity contribution < 1.29 is 78.5 Å². The van der Waals surface area contributed by atoms with Gasteiger partial charge in [-0.3, -0.25) is 4.79 Å². The number of para-hydroxylation sites is 1. The summed E-state index contributed by atoms with van der Waals surface area (Å²) >= 11 is 2.60. The van der Waals surface area contributed by atoms with Crippen LogP contribution in [0.3, 0.4) is 0 Å². The number of aromatic carboxylic acids is 1. The molecule has 1 aliphatic heterocycles. The summed E-state index contributed by atoms with van der Waals surface area (Å²) in [6, 6.07) is 17.7. The summed E-state index contributed by atoms with van der Waals surface area (Å²) in [5.74, 6) is 1.47. The molecular weight excluding hydrogens is 568 g/mol. The minimum Gasteiger partial charge on any atom is -0.545 e. The number of carboxylic acids is 1. The maximum absolute atomic E-state index is 11.6. The molecule has 1 fully saturated rings. The molecule has 0 radical (unpaired) electrons. The third kappa shape index (κ3) is 8.53. The molecule has 4 aromatic rings. The third-order valence-electron chi connectivity index (χ3n) is 6.04. The van der Waals surface area contributed by atoms with Crippen LogP contribution in [0.4, 0.5) is 10.9 Å². The first kappa shape index (κ1) is 32.6. The molecule has 0 atom stereocenters. The Kier molecular flexibility index (Phi) is 12.5.